The van der Waals surface area contributed by atoms with E-state index in [1.165, 1.54) is 6.08 Å². The van der Waals surface area contributed by atoms with E-state index in [-0.39, 0.29) is 5.83 Å². The summed E-state index contributed by atoms with van der Waals surface area (Å²) in [5.74, 6) is -0.0264. The first kappa shape index (κ1) is 12.9. The minimum atomic E-state index is -0.331. The van der Waals surface area contributed by atoms with Gasteiger partial charge in [-0.2, -0.15) is 0 Å². The van der Waals surface area contributed by atoms with Gasteiger partial charge in [0.1, 0.15) is 5.83 Å². The van der Waals surface area contributed by atoms with E-state index in [1.807, 2.05) is 6.92 Å². The Balaban J connectivity index is 4.60. The highest BCUT2D eigenvalue weighted by Gasteiger charge is 2.06. The number of hydrogen-bond donors (Lipinski definition) is 0. The van der Waals surface area contributed by atoms with Crippen LogP contribution in [0.5, 0.6) is 0 Å². The molecule has 0 N–H and O–H groups in total. The summed E-state index contributed by atoms with van der Waals surface area (Å²) < 4.78 is 13.4. The van der Waals surface area contributed by atoms with Crippen LogP contribution in [0.15, 0.2) is 48.4 Å². The molecule has 0 aliphatic rings. The highest BCUT2D eigenvalue weighted by molar-refractivity contribution is 5.41. The van der Waals surface area contributed by atoms with Crippen molar-refractivity contribution in [3.05, 3.63) is 48.4 Å². The quantitative estimate of drug-likeness (QED) is 0.562. The minimum absolute atomic E-state index is 0.304. The topological polar surface area (TPSA) is 0 Å². The Morgan fingerprint density at radius 1 is 1.36 bits per heavy atom. The van der Waals surface area contributed by atoms with Crippen molar-refractivity contribution in [1.82, 2.24) is 0 Å². The molecule has 0 aliphatic carbocycles. The van der Waals surface area contributed by atoms with Crippen LogP contribution in [0.3, 0.4) is 0 Å². The van der Waals surface area contributed by atoms with Crippen LogP contribution in [-0.4, -0.2) is 0 Å². The molecule has 0 aromatic heterocycles. The maximum atomic E-state index is 13.4. The number of rotatable bonds is 5. The lowest BCUT2D eigenvalue weighted by Crippen LogP contribution is -1.94. The zero-order valence-corrected chi connectivity index (χ0v) is 9.36. The molecule has 0 heterocycles. The molecule has 0 fully saturated rings. The third-order valence-corrected chi connectivity index (χ3v) is 2.36. The first-order valence-corrected chi connectivity index (χ1v) is 4.81. The Hall–Kier alpha value is -1.11. The summed E-state index contributed by atoms with van der Waals surface area (Å²) >= 11 is 0. The SMILES string of the molecule is C=C(C)C(=C)/C(F)=C\C(=C)C(C)CC. The van der Waals surface area contributed by atoms with Crippen LogP contribution in [0.2, 0.25) is 0 Å². The van der Waals surface area contributed by atoms with Gasteiger partial charge in [-0.25, -0.2) is 4.39 Å². The summed E-state index contributed by atoms with van der Waals surface area (Å²) in [4.78, 5) is 0. The number of hydrogen-bond acceptors (Lipinski definition) is 0. The molecule has 0 bridgehead atoms. The number of halogens is 1. The van der Waals surface area contributed by atoms with Crippen molar-refractivity contribution in [2.75, 3.05) is 0 Å². The molecule has 0 aromatic rings. The highest BCUT2D eigenvalue weighted by Crippen LogP contribution is 2.21. The molecule has 1 heteroatoms. The van der Waals surface area contributed by atoms with Crippen molar-refractivity contribution < 1.29 is 4.39 Å². The fourth-order valence-electron chi connectivity index (χ4n) is 0.858. The van der Waals surface area contributed by atoms with Gasteiger partial charge in [0, 0.05) is 5.57 Å². The van der Waals surface area contributed by atoms with Gasteiger partial charge >= 0.3 is 0 Å². The van der Waals surface area contributed by atoms with Gasteiger partial charge < -0.3 is 0 Å². The van der Waals surface area contributed by atoms with Gasteiger partial charge in [0.15, 0.2) is 0 Å². The van der Waals surface area contributed by atoms with Crippen LogP contribution >= 0.6 is 0 Å². The van der Waals surface area contributed by atoms with Crippen molar-refractivity contribution in [3.8, 4) is 0 Å². The zero-order valence-electron chi connectivity index (χ0n) is 9.36. The second-order valence-electron chi connectivity index (χ2n) is 3.64. The van der Waals surface area contributed by atoms with Gasteiger partial charge in [-0.15, -0.1) is 0 Å². The molecule has 0 nitrogen and oxygen atoms in total. The fraction of sp³-hybridized carbons (Fsp3) is 0.385. The largest absolute Gasteiger partial charge is 0.206 e. The minimum Gasteiger partial charge on any atom is -0.206 e. The smallest absolute Gasteiger partial charge is 0.130 e. The van der Waals surface area contributed by atoms with Crippen molar-refractivity contribution in [2.24, 2.45) is 5.92 Å². The maximum absolute atomic E-state index is 13.4. The molecule has 78 valence electrons. The summed E-state index contributed by atoms with van der Waals surface area (Å²) in [6.45, 7) is 16.9. The molecule has 14 heavy (non-hydrogen) atoms. The van der Waals surface area contributed by atoms with Gasteiger partial charge in [0.25, 0.3) is 0 Å². The first-order chi connectivity index (χ1) is 6.40. The van der Waals surface area contributed by atoms with Gasteiger partial charge in [-0.3, -0.25) is 0 Å². The van der Waals surface area contributed by atoms with E-state index in [9.17, 15) is 4.39 Å². The van der Waals surface area contributed by atoms with Gasteiger partial charge in [-0.05, 0) is 36.5 Å². The highest BCUT2D eigenvalue weighted by atomic mass is 19.1. The van der Waals surface area contributed by atoms with E-state index >= 15 is 0 Å². The van der Waals surface area contributed by atoms with E-state index in [4.69, 9.17) is 0 Å². The van der Waals surface area contributed by atoms with Gasteiger partial charge in [0.05, 0.1) is 0 Å². The van der Waals surface area contributed by atoms with Crippen LogP contribution in [0, 0.1) is 5.92 Å². The number of allylic oxidation sites excluding steroid dienone is 5. The molecule has 0 radical (unpaired) electrons. The van der Waals surface area contributed by atoms with Gasteiger partial charge in [0.2, 0.25) is 0 Å². The van der Waals surface area contributed by atoms with Crippen LogP contribution in [0.4, 0.5) is 4.39 Å². The lowest BCUT2D eigenvalue weighted by molar-refractivity contribution is 0.635. The van der Waals surface area contributed by atoms with Gasteiger partial charge in [-0.1, -0.05) is 33.6 Å². The molecule has 0 saturated heterocycles. The predicted molar refractivity (Wildman–Crippen MR) is 61.7 cm³/mol. The van der Waals surface area contributed by atoms with Crippen molar-refractivity contribution in [2.45, 2.75) is 27.2 Å². The monoisotopic (exact) mass is 194 g/mol. The Morgan fingerprint density at radius 2 is 1.86 bits per heavy atom. The summed E-state index contributed by atoms with van der Waals surface area (Å²) in [5.41, 5.74) is 1.80. The summed E-state index contributed by atoms with van der Waals surface area (Å²) in [7, 11) is 0. The molecule has 0 amide bonds. The summed E-state index contributed by atoms with van der Waals surface area (Å²) in [5, 5.41) is 0. The van der Waals surface area contributed by atoms with E-state index in [1.54, 1.807) is 6.92 Å². The van der Waals surface area contributed by atoms with Crippen LogP contribution in [0.1, 0.15) is 27.2 Å². The third kappa shape index (κ3) is 3.73. The molecule has 0 spiro atoms. The van der Waals surface area contributed by atoms with Crippen molar-refractivity contribution in [1.29, 1.82) is 0 Å². The lowest BCUT2D eigenvalue weighted by atomic mass is 9.98. The lowest BCUT2D eigenvalue weighted by Gasteiger charge is -2.09. The Bertz CT molecular complexity index is 282. The molecule has 0 rings (SSSR count). The van der Waals surface area contributed by atoms with Crippen molar-refractivity contribution >= 4 is 0 Å². The van der Waals surface area contributed by atoms with Crippen LogP contribution in [-0.2, 0) is 0 Å². The van der Waals surface area contributed by atoms with E-state index in [0.29, 0.717) is 17.1 Å². The molecule has 0 aliphatic heterocycles. The van der Waals surface area contributed by atoms with E-state index in [2.05, 4.69) is 26.7 Å². The Kier molecular flexibility index (Phi) is 5.14. The maximum Gasteiger partial charge on any atom is 0.130 e. The molecule has 0 saturated carbocycles. The van der Waals surface area contributed by atoms with Crippen LogP contribution < -0.4 is 0 Å². The predicted octanol–water partition coefficient (Wildman–Crippen LogP) is 4.57. The molecule has 1 atom stereocenters. The molecule has 1 unspecified atom stereocenters. The summed E-state index contributed by atoms with van der Waals surface area (Å²) in [6.07, 6.45) is 2.41. The molecular weight excluding hydrogens is 175 g/mol. The van der Waals surface area contributed by atoms with E-state index < -0.39 is 0 Å². The molecule has 0 aromatic carbocycles. The Labute approximate surface area is 86.5 Å². The first-order valence-electron chi connectivity index (χ1n) is 4.81. The summed E-state index contributed by atoms with van der Waals surface area (Å²) in [6, 6.07) is 0. The average Bonchev–Trinajstić information content (AvgIpc) is 2.14. The molecular formula is C13H19F. The standard InChI is InChI=1S/C13H19F/c1-7-10(4)11(5)8-13(14)12(6)9(2)3/h8,10H,2,5-7H2,1,3-4H3/b13-8+. The van der Waals surface area contributed by atoms with E-state index in [0.717, 1.165) is 12.0 Å². The third-order valence-electron chi connectivity index (χ3n) is 2.36. The van der Waals surface area contributed by atoms with Crippen LogP contribution in [0.25, 0.3) is 0 Å². The zero-order chi connectivity index (χ0) is 11.3. The van der Waals surface area contributed by atoms with Crippen molar-refractivity contribution in [3.63, 3.8) is 0 Å². The second kappa shape index (κ2) is 5.58. The fourth-order valence-corrected chi connectivity index (χ4v) is 0.858. The average molecular weight is 194 g/mol. The second-order valence-corrected chi connectivity index (χ2v) is 3.64. The normalized spacial score (nSPS) is 13.6. The Morgan fingerprint density at radius 3 is 2.21 bits per heavy atom.